The molecule has 0 saturated heterocycles. The first-order chi connectivity index (χ1) is 8.20. The van der Waals surface area contributed by atoms with Crippen LogP contribution in [0.2, 0.25) is 0 Å². The number of benzene rings is 1. The Labute approximate surface area is 101 Å². The molecule has 1 aliphatic rings. The summed E-state index contributed by atoms with van der Waals surface area (Å²) in [6, 6.07) is 5.65. The number of hydrogen-bond acceptors (Lipinski definition) is 2. The first kappa shape index (κ1) is 11.7. The van der Waals surface area contributed by atoms with Crippen molar-refractivity contribution in [1.82, 2.24) is 0 Å². The van der Waals surface area contributed by atoms with E-state index in [-0.39, 0.29) is 18.4 Å². The minimum atomic E-state index is -0.155. The third kappa shape index (κ3) is 3.08. The number of aliphatic hydroxyl groups excluding tert-OH is 1. The van der Waals surface area contributed by atoms with Gasteiger partial charge >= 0.3 is 0 Å². The van der Waals surface area contributed by atoms with Gasteiger partial charge in [-0.1, -0.05) is 17.9 Å². The number of aryl methyl sites for hydroxylation is 1. The molecule has 2 rings (SSSR count). The standard InChI is InChI=1S/C14H15NO2/c1-10-4-5-11(3-2-8-16)9-13(10)15-14(17)12-6-7-12/h4-5,9,12,16H,6-8H2,1H3,(H,15,17). The number of carbonyl (C=O) groups is 1. The predicted octanol–water partition coefficient (Wildman–Crippen LogP) is 1.69. The second kappa shape index (κ2) is 5.03. The number of aliphatic hydroxyl groups is 1. The van der Waals surface area contributed by atoms with Crippen LogP contribution in [0.25, 0.3) is 0 Å². The highest BCUT2D eigenvalue weighted by molar-refractivity contribution is 5.94. The van der Waals surface area contributed by atoms with Crippen LogP contribution in [0.5, 0.6) is 0 Å². The molecule has 0 spiro atoms. The Bertz CT molecular complexity index is 493. The van der Waals surface area contributed by atoms with Gasteiger partial charge in [0.15, 0.2) is 0 Å². The van der Waals surface area contributed by atoms with Crippen LogP contribution in [0.3, 0.4) is 0 Å². The van der Waals surface area contributed by atoms with Gasteiger partial charge in [-0.2, -0.15) is 0 Å². The van der Waals surface area contributed by atoms with Gasteiger partial charge in [-0.3, -0.25) is 4.79 Å². The Morgan fingerprint density at radius 1 is 1.53 bits per heavy atom. The van der Waals surface area contributed by atoms with E-state index in [4.69, 9.17) is 5.11 Å². The van der Waals surface area contributed by atoms with Crippen molar-refractivity contribution in [2.24, 2.45) is 5.92 Å². The molecule has 0 radical (unpaired) electrons. The largest absolute Gasteiger partial charge is 0.384 e. The fourth-order valence-corrected chi connectivity index (χ4v) is 1.56. The Hall–Kier alpha value is -1.79. The Kier molecular flexibility index (Phi) is 3.46. The molecule has 1 aliphatic carbocycles. The molecule has 1 fully saturated rings. The summed E-state index contributed by atoms with van der Waals surface area (Å²) in [7, 11) is 0. The maximum Gasteiger partial charge on any atom is 0.227 e. The van der Waals surface area contributed by atoms with E-state index in [1.165, 1.54) is 0 Å². The van der Waals surface area contributed by atoms with Crippen molar-refractivity contribution in [3.8, 4) is 11.8 Å². The quantitative estimate of drug-likeness (QED) is 0.758. The van der Waals surface area contributed by atoms with E-state index >= 15 is 0 Å². The Morgan fingerprint density at radius 3 is 2.94 bits per heavy atom. The van der Waals surface area contributed by atoms with Gasteiger partial charge in [-0.25, -0.2) is 0 Å². The zero-order chi connectivity index (χ0) is 12.3. The summed E-state index contributed by atoms with van der Waals surface area (Å²) in [4.78, 5) is 11.7. The fraction of sp³-hybridized carbons (Fsp3) is 0.357. The number of anilines is 1. The number of rotatable bonds is 2. The molecule has 1 amide bonds. The van der Waals surface area contributed by atoms with Gasteiger partial charge in [-0.05, 0) is 37.5 Å². The number of carbonyl (C=O) groups excluding carboxylic acids is 1. The summed E-state index contributed by atoms with van der Waals surface area (Å²) >= 11 is 0. The van der Waals surface area contributed by atoms with Crippen molar-refractivity contribution in [2.45, 2.75) is 19.8 Å². The van der Waals surface area contributed by atoms with Gasteiger partial charge in [0.1, 0.15) is 6.61 Å². The lowest BCUT2D eigenvalue weighted by atomic mass is 10.1. The topological polar surface area (TPSA) is 49.3 Å². The van der Waals surface area contributed by atoms with Crippen LogP contribution in [-0.4, -0.2) is 17.6 Å². The van der Waals surface area contributed by atoms with E-state index in [1.807, 2.05) is 25.1 Å². The van der Waals surface area contributed by atoms with Crippen LogP contribution in [0.15, 0.2) is 18.2 Å². The van der Waals surface area contributed by atoms with Gasteiger partial charge in [0.2, 0.25) is 5.91 Å². The molecule has 0 bridgehead atoms. The van der Waals surface area contributed by atoms with E-state index in [0.29, 0.717) is 0 Å². The van der Waals surface area contributed by atoms with Gasteiger partial charge < -0.3 is 10.4 Å². The lowest BCUT2D eigenvalue weighted by Crippen LogP contribution is -2.14. The average molecular weight is 229 g/mol. The fourth-order valence-electron chi connectivity index (χ4n) is 1.56. The molecule has 0 atom stereocenters. The zero-order valence-electron chi connectivity index (χ0n) is 9.79. The van der Waals surface area contributed by atoms with E-state index in [9.17, 15) is 4.79 Å². The second-order valence-electron chi connectivity index (χ2n) is 4.25. The predicted molar refractivity (Wildman–Crippen MR) is 66.5 cm³/mol. The molecule has 1 aromatic carbocycles. The third-order valence-electron chi connectivity index (χ3n) is 2.76. The monoisotopic (exact) mass is 229 g/mol. The van der Waals surface area contributed by atoms with Crippen LogP contribution >= 0.6 is 0 Å². The summed E-state index contributed by atoms with van der Waals surface area (Å²) in [6.07, 6.45) is 1.99. The van der Waals surface area contributed by atoms with Gasteiger partial charge in [0, 0.05) is 17.2 Å². The van der Waals surface area contributed by atoms with Crippen LogP contribution in [0, 0.1) is 24.7 Å². The SMILES string of the molecule is Cc1ccc(C#CCO)cc1NC(=O)C1CC1. The smallest absolute Gasteiger partial charge is 0.227 e. The van der Waals surface area contributed by atoms with E-state index in [1.54, 1.807) is 0 Å². The molecule has 0 aromatic heterocycles. The Balaban J connectivity index is 2.16. The molecule has 0 aliphatic heterocycles. The zero-order valence-corrected chi connectivity index (χ0v) is 9.79. The molecule has 3 nitrogen and oxygen atoms in total. The molecule has 88 valence electrons. The highest BCUT2D eigenvalue weighted by Crippen LogP contribution is 2.30. The van der Waals surface area contributed by atoms with Crippen LogP contribution in [0.4, 0.5) is 5.69 Å². The van der Waals surface area contributed by atoms with Gasteiger partial charge in [0.25, 0.3) is 0 Å². The van der Waals surface area contributed by atoms with Crippen molar-refractivity contribution in [2.75, 3.05) is 11.9 Å². The molecule has 0 unspecified atom stereocenters. The molecular weight excluding hydrogens is 214 g/mol. The minimum absolute atomic E-state index is 0.0976. The summed E-state index contributed by atoms with van der Waals surface area (Å²) in [5.41, 5.74) is 2.64. The van der Waals surface area contributed by atoms with Gasteiger partial charge in [-0.15, -0.1) is 0 Å². The molecule has 2 N–H and O–H groups in total. The molecular formula is C14H15NO2. The first-order valence-electron chi connectivity index (χ1n) is 5.72. The number of hydrogen-bond donors (Lipinski definition) is 2. The highest BCUT2D eigenvalue weighted by atomic mass is 16.2. The van der Waals surface area contributed by atoms with Crippen molar-refractivity contribution in [3.63, 3.8) is 0 Å². The lowest BCUT2D eigenvalue weighted by Gasteiger charge is -2.08. The summed E-state index contributed by atoms with van der Waals surface area (Å²) in [6.45, 7) is 1.80. The Morgan fingerprint density at radius 2 is 2.29 bits per heavy atom. The van der Waals surface area contributed by atoms with Crippen molar-refractivity contribution >= 4 is 11.6 Å². The summed E-state index contributed by atoms with van der Waals surface area (Å²) in [5, 5.41) is 11.6. The maximum atomic E-state index is 11.7. The van der Waals surface area contributed by atoms with Crippen molar-refractivity contribution in [3.05, 3.63) is 29.3 Å². The number of nitrogens with one attached hydrogen (secondary N) is 1. The van der Waals surface area contributed by atoms with E-state index in [2.05, 4.69) is 17.2 Å². The molecule has 1 saturated carbocycles. The highest BCUT2D eigenvalue weighted by Gasteiger charge is 2.29. The first-order valence-corrected chi connectivity index (χ1v) is 5.72. The molecule has 17 heavy (non-hydrogen) atoms. The van der Waals surface area contributed by atoms with Gasteiger partial charge in [0.05, 0.1) is 0 Å². The van der Waals surface area contributed by atoms with Crippen molar-refractivity contribution < 1.29 is 9.90 Å². The lowest BCUT2D eigenvalue weighted by molar-refractivity contribution is -0.117. The molecule has 0 heterocycles. The minimum Gasteiger partial charge on any atom is -0.384 e. The normalized spacial score (nSPS) is 13.8. The molecule has 3 heteroatoms. The third-order valence-corrected chi connectivity index (χ3v) is 2.76. The average Bonchev–Trinajstić information content (AvgIpc) is 3.14. The maximum absolute atomic E-state index is 11.7. The van der Waals surface area contributed by atoms with E-state index < -0.39 is 0 Å². The summed E-state index contributed by atoms with van der Waals surface area (Å²) < 4.78 is 0. The van der Waals surface area contributed by atoms with Crippen LogP contribution < -0.4 is 5.32 Å². The van der Waals surface area contributed by atoms with Crippen molar-refractivity contribution in [1.29, 1.82) is 0 Å². The van der Waals surface area contributed by atoms with Crippen LogP contribution in [0.1, 0.15) is 24.0 Å². The molecule has 1 aromatic rings. The second-order valence-corrected chi connectivity index (χ2v) is 4.25. The number of amides is 1. The van der Waals surface area contributed by atoms with E-state index in [0.717, 1.165) is 29.7 Å². The van der Waals surface area contributed by atoms with Crippen LogP contribution in [-0.2, 0) is 4.79 Å². The summed E-state index contributed by atoms with van der Waals surface area (Å²) in [5.74, 6) is 5.71.